The normalized spacial score (nSPS) is 12.4. The Bertz CT molecular complexity index is 1550. The molecule has 0 aliphatic carbocycles. The zero-order valence-corrected chi connectivity index (χ0v) is 21.4. The molecule has 4 rings (SSSR count). The molecular formula is C28H22ClF4NO5. The maximum Gasteiger partial charge on any atom is 0.573 e. The van der Waals surface area contributed by atoms with Crippen molar-refractivity contribution in [3.8, 4) is 11.5 Å². The number of benzene rings is 3. The second kappa shape index (κ2) is 11.0. The largest absolute Gasteiger partial charge is 0.573 e. The topological polar surface area (TPSA) is 77.8 Å². The van der Waals surface area contributed by atoms with Crippen molar-refractivity contribution in [1.82, 2.24) is 4.57 Å². The van der Waals surface area contributed by atoms with E-state index in [2.05, 4.69) is 4.74 Å². The molecule has 11 heteroatoms. The number of carbonyl (C=O) groups is 2. The van der Waals surface area contributed by atoms with E-state index in [1.807, 2.05) is 0 Å². The molecule has 6 nitrogen and oxygen atoms in total. The first-order chi connectivity index (χ1) is 18.4. The van der Waals surface area contributed by atoms with Crippen LogP contribution in [0.5, 0.6) is 11.5 Å². The van der Waals surface area contributed by atoms with E-state index in [0.717, 1.165) is 12.1 Å². The number of fused-ring (bicyclic) bond motifs is 1. The van der Waals surface area contributed by atoms with Gasteiger partial charge in [0.1, 0.15) is 5.75 Å². The van der Waals surface area contributed by atoms with E-state index in [0.29, 0.717) is 27.2 Å². The van der Waals surface area contributed by atoms with Gasteiger partial charge >= 0.3 is 12.3 Å². The summed E-state index contributed by atoms with van der Waals surface area (Å²) in [5, 5.41) is 10.1. The first-order valence-electron chi connectivity index (χ1n) is 11.7. The van der Waals surface area contributed by atoms with Gasteiger partial charge in [0.2, 0.25) is 0 Å². The SMILES string of the molecule is CCC(Oc1cc(Cn2c(C)c(C(=O)c3ccc(Cl)cc3)c3ccc(OC(F)(F)F)cc32)ccc1F)C(=O)O. The Morgan fingerprint density at radius 1 is 1.05 bits per heavy atom. The fourth-order valence-electron chi connectivity index (χ4n) is 4.27. The van der Waals surface area contributed by atoms with Gasteiger partial charge in [-0.25, -0.2) is 9.18 Å². The van der Waals surface area contributed by atoms with Crippen molar-refractivity contribution in [2.45, 2.75) is 39.3 Å². The Morgan fingerprint density at radius 3 is 2.36 bits per heavy atom. The molecule has 0 aliphatic heterocycles. The molecule has 1 N–H and O–H groups in total. The van der Waals surface area contributed by atoms with Crippen LogP contribution < -0.4 is 9.47 Å². The fourth-order valence-corrected chi connectivity index (χ4v) is 4.40. The highest BCUT2D eigenvalue weighted by atomic mass is 35.5. The number of hydrogen-bond donors (Lipinski definition) is 1. The van der Waals surface area contributed by atoms with Crippen LogP contribution in [0, 0.1) is 12.7 Å². The molecule has 1 atom stereocenters. The summed E-state index contributed by atoms with van der Waals surface area (Å²) in [5.41, 5.74) is 1.77. The Balaban J connectivity index is 1.82. The monoisotopic (exact) mass is 563 g/mol. The second-order valence-electron chi connectivity index (χ2n) is 8.73. The van der Waals surface area contributed by atoms with Crippen molar-refractivity contribution in [2.75, 3.05) is 0 Å². The van der Waals surface area contributed by atoms with Crippen LogP contribution in [-0.4, -0.2) is 33.9 Å². The van der Waals surface area contributed by atoms with Crippen LogP contribution in [0.3, 0.4) is 0 Å². The molecule has 0 saturated carbocycles. The molecule has 39 heavy (non-hydrogen) atoms. The van der Waals surface area contributed by atoms with Crippen LogP contribution >= 0.6 is 11.6 Å². The summed E-state index contributed by atoms with van der Waals surface area (Å²) in [6.45, 7) is 3.23. The van der Waals surface area contributed by atoms with Crippen molar-refractivity contribution in [1.29, 1.82) is 0 Å². The van der Waals surface area contributed by atoms with Crippen LogP contribution in [0.25, 0.3) is 10.9 Å². The van der Waals surface area contributed by atoms with Gasteiger partial charge in [0.05, 0.1) is 11.1 Å². The van der Waals surface area contributed by atoms with Crippen LogP contribution in [0.1, 0.15) is 40.5 Å². The number of ketones is 1. The molecular weight excluding hydrogens is 542 g/mol. The summed E-state index contributed by atoms with van der Waals surface area (Å²) in [4.78, 5) is 24.9. The molecule has 0 radical (unpaired) electrons. The number of nitrogens with zero attached hydrogens (tertiary/aromatic N) is 1. The maximum atomic E-state index is 14.4. The highest BCUT2D eigenvalue weighted by Crippen LogP contribution is 2.34. The van der Waals surface area contributed by atoms with Crippen LogP contribution in [0.15, 0.2) is 60.7 Å². The number of aliphatic carboxylic acids is 1. The Labute approximate surface area is 225 Å². The number of carboxylic acids is 1. The van der Waals surface area contributed by atoms with Gasteiger partial charge < -0.3 is 19.1 Å². The van der Waals surface area contributed by atoms with Crippen molar-refractivity contribution >= 4 is 34.3 Å². The predicted octanol–water partition coefficient (Wildman–Crippen LogP) is 7.16. The van der Waals surface area contributed by atoms with E-state index in [1.54, 1.807) is 42.7 Å². The van der Waals surface area contributed by atoms with Gasteiger partial charge in [-0.05, 0) is 67.4 Å². The van der Waals surface area contributed by atoms with Gasteiger partial charge in [0.25, 0.3) is 0 Å². The summed E-state index contributed by atoms with van der Waals surface area (Å²) in [7, 11) is 0. The summed E-state index contributed by atoms with van der Waals surface area (Å²) < 4.78 is 64.3. The van der Waals surface area contributed by atoms with Crippen LogP contribution in [-0.2, 0) is 11.3 Å². The molecule has 0 aliphatic rings. The van der Waals surface area contributed by atoms with Crippen LogP contribution in [0.2, 0.25) is 5.02 Å². The quantitative estimate of drug-likeness (QED) is 0.173. The molecule has 0 bridgehead atoms. The number of ether oxygens (including phenoxy) is 2. The number of halogens is 5. The molecule has 1 aromatic heterocycles. The Kier molecular flexibility index (Phi) is 7.87. The third kappa shape index (κ3) is 6.17. The maximum absolute atomic E-state index is 14.4. The third-order valence-corrected chi connectivity index (χ3v) is 6.37. The number of carbonyl (C=O) groups excluding carboxylic acids is 1. The van der Waals surface area contributed by atoms with Gasteiger partial charge in [0, 0.05) is 34.3 Å². The number of alkyl halides is 3. The molecule has 0 saturated heterocycles. The predicted molar refractivity (Wildman–Crippen MR) is 136 cm³/mol. The molecule has 1 unspecified atom stereocenters. The molecule has 0 spiro atoms. The zero-order valence-electron chi connectivity index (χ0n) is 20.7. The average Bonchev–Trinajstić information content (AvgIpc) is 3.13. The number of rotatable bonds is 9. The van der Waals surface area contributed by atoms with Crippen LogP contribution in [0.4, 0.5) is 17.6 Å². The van der Waals surface area contributed by atoms with Crippen molar-refractivity contribution in [3.05, 3.63) is 93.9 Å². The highest BCUT2D eigenvalue weighted by molar-refractivity contribution is 6.30. The van der Waals surface area contributed by atoms with E-state index in [9.17, 15) is 32.3 Å². The molecule has 1 heterocycles. The number of carboxylic acid groups (broad SMARTS) is 1. The standard InChI is InChI=1S/C28H22ClF4NO5/c1-3-23(27(36)37)38-24-12-16(4-11-21(24)30)14-34-15(2)25(26(35)17-5-7-18(29)8-6-17)20-10-9-19(13-22(20)34)39-28(31,32)33/h4-13,23H,3,14H2,1-2H3,(H,36,37). The van der Waals surface area contributed by atoms with Gasteiger partial charge in [-0.3, -0.25) is 4.79 Å². The molecule has 0 fully saturated rings. The highest BCUT2D eigenvalue weighted by Gasteiger charge is 2.32. The molecule has 4 aromatic rings. The summed E-state index contributed by atoms with van der Waals surface area (Å²) >= 11 is 5.94. The Morgan fingerprint density at radius 2 is 1.74 bits per heavy atom. The average molecular weight is 564 g/mol. The van der Waals surface area contributed by atoms with Gasteiger partial charge in [0.15, 0.2) is 23.5 Å². The third-order valence-electron chi connectivity index (χ3n) is 6.11. The van der Waals surface area contributed by atoms with Crippen molar-refractivity contribution in [2.24, 2.45) is 0 Å². The second-order valence-corrected chi connectivity index (χ2v) is 9.16. The van der Waals surface area contributed by atoms with E-state index in [1.165, 1.54) is 24.3 Å². The van der Waals surface area contributed by atoms with E-state index in [4.69, 9.17) is 16.3 Å². The minimum atomic E-state index is -4.93. The van der Waals surface area contributed by atoms with E-state index < -0.39 is 30.0 Å². The first kappa shape index (κ1) is 28.0. The molecule has 0 amide bonds. The lowest BCUT2D eigenvalue weighted by Gasteiger charge is -2.16. The molecule has 204 valence electrons. The lowest BCUT2D eigenvalue weighted by Crippen LogP contribution is -2.26. The van der Waals surface area contributed by atoms with Crippen molar-refractivity contribution < 1.29 is 41.7 Å². The number of hydrogen-bond acceptors (Lipinski definition) is 4. The fraction of sp³-hybridized carbons (Fsp3) is 0.214. The summed E-state index contributed by atoms with van der Waals surface area (Å²) in [5.74, 6) is -3.15. The summed E-state index contributed by atoms with van der Waals surface area (Å²) in [6, 6.07) is 13.7. The Hall–Kier alpha value is -4.05. The lowest BCUT2D eigenvalue weighted by molar-refractivity contribution is -0.274. The molecule has 3 aromatic carbocycles. The first-order valence-corrected chi connectivity index (χ1v) is 12.1. The van der Waals surface area contributed by atoms with Gasteiger partial charge in [-0.1, -0.05) is 24.6 Å². The lowest BCUT2D eigenvalue weighted by atomic mass is 10.0. The van der Waals surface area contributed by atoms with Crippen molar-refractivity contribution in [3.63, 3.8) is 0 Å². The van der Waals surface area contributed by atoms with E-state index in [-0.39, 0.29) is 35.6 Å². The van der Waals surface area contributed by atoms with Gasteiger partial charge in [-0.15, -0.1) is 13.2 Å². The van der Waals surface area contributed by atoms with Gasteiger partial charge in [-0.2, -0.15) is 0 Å². The minimum Gasteiger partial charge on any atom is -0.479 e. The smallest absolute Gasteiger partial charge is 0.479 e. The number of aromatic nitrogens is 1. The summed E-state index contributed by atoms with van der Waals surface area (Å²) in [6.07, 6.45) is -6.10. The zero-order chi connectivity index (χ0) is 28.5. The minimum absolute atomic E-state index is 0.00616. The van der Waals surface area contributed by atoms with E-state index >= 15 is 0 Å².